The van der Waals surface area contributed by atoms with Crippen molar-refractivity contribution in [3.8, 4) is 0 Å². The highest BCUT2D eigenvalue weighted by atomic mass is 16.2. The number of barbiturate groups is 1. The van der Waals surface area contributed by atoms with E-state index >= 15 is 0 Å². The molecule has 0 aromatic heterocycles. The minimum Gasteiger partial charge on any atom is -0.350 e. The predicted octanol–water partition coefficient (Wildman–Crippen LogP) is 0.148. The summed E-state index contributed by atoms with van der Waals surface area (Å²) in [6.45, 7) is 6.90. The second-order valence-electron chi connectivity index (χ2n) is 6.43. The van der Waals surface area contributed by atoms with Crippen molar-refractivity contribution < 1.29 is 19.2 Å². The Kier molecular flexibility index (Phi) is 3.11. The molecule has 1 heterocycles. The zero-order valence-electron chi connectivity index (χ0n) is 12.1. The molecule has 0 aromatic rings. The summed E-state index contributed by atoms with van der Waals surface area (Å²) in [5, 5.41) is 4.88. The van der Waals surface area contributed by atoms with E-state index in [0.717, 1.165) is 4.90 Å². The lowest BCUT2D eigenvalue weighted by Gasteiger charge is -2.34. The van der Waals surface area contributed by atoms with E-state index in [-0.39, 0.29) is 0 Å². The van der Waals surface area contributed by atoms with Gasteiger partial charge in [-0.3, -0.25) is 24.6 Å². The molecular formula is C13H19N3O4. The van der Waals surface area contributed by atoms with Crippen LogP contribution in [0.1, 0.15) is 40.5 Å². The third-order valence-corrected chi connectivity index (χ3v) is 3.52. The fraction of sp³-hybridized carbons (Fsp3) is 0.692. The Hall–Kier alpha value is -1.92. The molecule has 7 nitrogen and oxygen atoms in total. The number of rotatable bonds is 2. The molecule has 2 aliphatic rings. The third kappa shape index (κ3) is 2.28. The molecule has 2 N–H and O–H groups in total. The average Bonchev–Trinajstić information content (AvgIpc) is 3.05. The van der Waals surface area contributed by atoms with Gasteiger partial charge < -0.3 is 5.32 Å². The highest BCUT2D eigenvalue weighted by Crippen LogP contribution is 2.49. The molecule has 0 bridgehead atoms. The molecule has 1 spiro atoms. The Balaban J connectivity index is 2.18. The number of hydrogen-bond acceptors (Lipinski definition) is 4. The molecule has 20 heavy (non-hydrogen) atoms. The maximum Gasteiger partial charge on any atom is 0.331 e. The van der Waals surface area contributed by atoms with Crippen LogP contribution in [0.2, 0.25) is 0 Å². The summed E-state index contributed by atoms with van der Waals surface area (Å²) in [5.74, 6) is -1.54. The van der Waals surface area contributed by atoms with Crippen molar-refractivity contribution in [3.63, 3.8) is 0 Å². The van der Waals surface area contributed by atoms with Gasteiger partial charge in [0.2, 0.25) is 17.7 Å². The van der Waals surface area contributed by atoms with E-state index < -0.39 is 40.7 Å². The van der Waals surface area contributed by atoms with Crippen LogP contribution in [0.25, 0.3) is 0 Å². The van der Waals surface area contributed by atoms with Crippen molar-refractivity contribution in [1.29, 1.82) is 0 Å². The van der Waals surface area contributed by atoms with Gasteiger partial charge in [-0.05, 0) is 40.5 Å². The topological polar surface area (TPSA) is 95.6 Å². The largest absolute Gasteiger partial charge is 0.350 e. The van der Waals surface area contributed by atoms with E-state index in [1.165, 1.54) is 6.92 Å². The first-order valence-corrected chi connectivity index (χ1v) is 6.60. The smallest absolute Gasteiger partial charge is 0.331 e. The Morgan fingerprint density at radius 3 is 2.30 bits per heavy atom. The molecule has 2 rings (SSSR count). The van der Waals surface area contributed by atoms with E-state index in [0.29, 0.717) is 12.8 Å². The molecule has 0 radical (unpaired) electrons. The van der Waals surface area contributed by atoms with E-state index in [2.05, 4.69) is 10.6 Å². The summed E-state index contributed by atoms with van der Waals surface area (Å²) >= 11 is 0. The monoisotopic (exact) mass is 281 g/mol. The first-order valence-electron chi connectivity index (χ1n) is 6.60. The number of nitrogens with zero attached hydrogens (tertiary/aromatic N) is 1. The van der Waals surface area contributed by atoms with Crippen LogP contribution in [-0.2, 0) is 14.4 Å². The molecule has 1 unspecified atom stereocenters. The second-order valence-corrected chi connectivity index (χ2v) is 6.43. The number of nitrogens with one attached hydrogen (secondary N) is 2. The molecule has 0 aromatic carbocycles. The zero-order chi connectivity index (χ0) is 15.3. The van der Waals surface area contributed by atoms with Crippen molar-refractivity contribution in [2.24, 2.45) is 5.41 Å². The summed E-state index contributed by atoms with van der Waals surface area (Å²) in [7, 11) is 0. The lowest BCUT2D eigenvalue weighted by molar-refractivity contribution is -0.149. The van der Waals surface area contributed by atoms with E-state index in [1.54, 1.807) is 0 Å². The van der Waals surface area contributed by atoms with Crippen LogP contribution in [0.15, 0.2) is 0 Å². The van der Waals surface area contributed by atoms with Crippen LogP contribution >= 0.6 is 0 Å². The summed E-state index contributed by atoms with van der Waals surface area (Å²) in [6.07, 6.45) is 0.851. The molecule has 1 saturated heterocycles. The number of carbonyl (C=O) groups excluding carboxylic acids is 4. The predicted molar refractivity (Wildman–Crippen MR) is 69.4 cm³/mol. The number of hydrogen-bond donors (Lipinski definition) is 2. The van der Waals surface area contributed by atoms with Gasteiger partial charge in [-0.2, -0.15) is 0 Å². The van der Waals surface area contributed by atoms with Crippen LogP contribution in [0.3, 0.4) is 0 Å². The lowest BCUT2D eigenvalue weighted by Crippen LogP contribution is -2.64. The third-order valence-electron chi connectivity index (χ3n) is 3.52. The first kappa shape index (κ1) is 14.5. The Morgan fingerprint density at radius 1 is 1.30 bits per heavy atom. The van der Waals surface area contributed by atoms with Gasteiger partial charge in [-0.15, -0.1) is 0 Å². The molecule has 110 valence electrons. The maximum atomic E-state index is 12.3. The van der Waals surface area contributed by atoms with Gasteiger partial charge in [0.25, 0.3) is 0 Å². The summed E-state index contributed by atoms with van der Waals surface area (Å²) in [5.41, 5.74) is -1.59. The van der Waals surface area contributed by atoms with E-state index in [9.17, 15) is 19.2 Å². The van der Waals surface area contributed by atoms with Gasteiger partial charge in [-0.1, -0.05) is 0 Å². The lowest BCUT2D eigenvalue weighted by atomic mass is 10.00. The molecule has 2 fully saturated rings. The average molecular weight is 281 g/mol. The highest BCUT2D eigenvalue weighted by molar-refractivity contribution is 6.22. The van der Waals surface area contributed by atoms with E-state index in [4.69, 9.17) is 0 Å². The minimum absolute atomic E-state index is 0.425. The Bertz CT molecular complexity index is 502. The van der Waals surface area contributed by atoms with Gasteiger partial charge in [0.1, 0.15) is 11.5 Å². The molecule has 7 heteroatoms. The van der Waals surface area contributed by atoms with Crippen LogP contribution in [0.4, 0.5) is 4.79 Å². The van der Waals surface area contributed by atoms with Crippen molar-refractivity contribution in [2.45, 2.75) is 52.1 Å². The van der Waals surface area contributed by atoms with Gasteiger partial charge in [0.05, 0.1) is 0 Å². The molecule has 5 amide bonds. The van der Waals surface area contributed by atoms with E-state index in [1.807, 2.05) is 20.8 Å². The molecular weight excluding hydrogens is 262 g/mol. The first-order chi connectivity index (χ1) is 9.08. The van der Waals surface area contributed by atoms with Gasteiger partial charge in [0, 0.05) is 5.54 Å². The van der Waals surface area contributed by atoms with Crippen LogP contribution in [-0.4, -0.2) is 40.2 Å². The van der Waals surface area contributed by atoms with Gasteiger partial charge in [0.15, 0.2) is 0 Å². The number of imide groups is 2. The SMILES string of the molecule is CC(C(=O)NC(C)(C)C)N1C(=O)NC(=O)C2(CC2)C1=O. The quantitative estimate of drug-likeness (QED) is 0.704. The van der Waals surface area contributed by atoms with Crippen LogP contribution < -0.4 is 10.6 Å². The standard InChI is InChI=1S/C13H19N3O4/c1-7(8(17)15-12(2,3)4)16-10(19)13(5-6-13)9(18)14-11(16)20/h7H,5-6H2,1-4H3,(H,15,17)(H,14,18,20). The minimum atomic E-state index is -1.12. The Labute approximate surface area is 117 Å². The highest BCUT2D eigenvalue weighted by Gasteiger charge is 2.63. The van der Waals surface area contributed by atoms with Gasteiger partial charge in [-0.25, -0.2) is 4.79 Å². The number of urea groups is 1. The molecule has 1 atom stereocenters. The van der Waals surface area contributed by atoms with Crippen LogP contribution in [0.5, 0.6) is 0 Å². The Morgan fingerprint density at radius 2 is 1.85 bits per heavy atom. The fourth-order valence-electron chi connectivity index (χ4n) is 2.21. The van der Waals surface area contributed by atoms with Crippen LogP contribution in [0, 0.1) is 5.41 Å². The van der Waals surface area contributed by atoms with Crippen molar-refractivity contribution >= 4 is 23.8 Å². The maximum absolute atomic E-state index is 12.3. The molecule has 1 aliphatic heterocycles. The summed E-state index contributed by atoms with van der Waals surface area (Å²) in [4.78, 5) is 48.8. The fourth-order valence-corrected chi connectivity index (χ4v) is 2.21. The zero-order valence-corrected chi connectivity index (χ0v) is 12.1. The second kappa shape index (κ2) is 4.29. The molecule has 1 saturated carbocycles. The van der Waals surface area contributed by atoms with Crippen molar-refractivity contribution in [2.75, 3.05) is 0 Å². The van der Waals surface area contributed by atoms with Gasteiger partial charge >= 0.3 is 6.03 Å². The molecule has 1 aliphatic carbocycles. The summed E-state index contributed by atoms with van der Waals surface area (Å²) < 4.78 is 0. The van der Waals surface area contributed by atoms with Crippen molar-refractivity contribution in [3.05, 3.63) is 0 Å². The number of carbonyl (C=O) groups is 4. The number of amides is 5. The normalized spacial score (nSPS) is 22.6. The summed E-state index contributed by atoms with van der Waals surface area (Å²) in [6, 6.07) is -1.78. The van der Waals surface area contributed by atoms with Crippen molar-refractivity contribution in [1.82, 2.24) is 15.5 Å².